The van der Waals surface area contributed by atoms with Crippen LogP contribution in [0.4, 0.5) is 4.39 Å². The first-order valence-corrected chi connectivity index (χ1v) is 12.2. The van der Waals surface area contributed by atoms with Gasteiger partial charge in [0.1, 0.15) is 18.0 Å². The van der Waals surface area contributed by atoms with Crippen molar-refractivity contribution in [2.75, 3.05) is 19.6 Å². The Kier molecular flexibility index (Phi) is 5.76. The Morgan fingerprint density at radius 2 is 1.84 bits per heavy atom. The molecule has 2 amide bonds. The maximum atomic E-state index is 13.7. The summed E-state index contributed by atoms with van der Waals surface area (Å²) in [6.45, 7) is 3.55. The molecule has 2 aliphatic heterocycles. The van der Waals surface area contributed by atoms with E-state index in [1.807, 2.05) is 11.8 Å². The predicted molar refractivity (Wildman–Crippen MR) is 112 cm³/mol. The summed E-state index contributed by atoms with van der Waals surface area (Å²) in [6.07, 6.45) is 5.97. The number of amides is 2. The lowest BCUT2D eigenvalue weighted by Gasteiger charge is -2.43. The van der Waals surface area contributed by atoms with E-state index in [0.717, 1.165) is 32.1 Å². The maximum absolute atomic E-state index is 13.7. The molecule has 2 heterocycles. The summed E-state index contributed by atoms with van der Waals surface area (Å²) in [5, 5.41) is 13.7. The summed E-state index contributed by atoms with van der Waals surface area (Å²) in [7, 11) is 0. The van der Waals surface area contributed by atoms with Crippen LogP contribution in [0.5, 0.6) is 0 Å². The largest absolute Gasteiger partial charge is 0.380 e. The van der Waals surface area contributed by atoms with Crippen LogP contribution in [0.25, 0.3) is 0 Å². The second-order valence-corrected chi connectivity index (χ2v) is 10.6. The molecule has 8 heteroatoms. The smallest absolute Gasteiger partial charge is 0.254 e. The number of hydrogen-bond donors (Lipinski definition) is 2. The molecule has 0 bridgehead atoms. The molecule has 5 rings (SSSR count). The summed E-state index contributed by atoms with van der Waals surface area (Å²) in [4.78, 5) is 29.3. The molecule has 5 fully saturated rings. The van der Waals surface area contributed by atoms with E-state index in [9.17, 15) is 19.1 Å². The van der Waals surface area contributed by atoms with Crippen LogP contribution in [0.3, 0.4) is 0 Å². The molecule has 2 saturated heterocycles. The van der Waals surface area contributed by atoms with Gasteiger partial charge in [0.15, 0.2) is 0 Å². The molecule has 3 aliphatic carbocycles. The summed E-state index contributed by atoms with van der Waals surface area (Å²) in [6, 6.07) is 0.256. The van der Waals surface area contributed by atoms with Crippen LogP contribution < -0.4 is 5.32 Å². The number of carbonyl (C=O) groups is 2. The van der Waals surface area contributed by atoms with Crippen LogP contribution in [-0.2, 0) is 14.3 Å². The van der Waals surface area contributed by atoms with Crippen molar-refractivity contribution in [3.63, 3.8) is 0 Å². The third-order valence-corrected chi connectivity index (χ3v) is 8.30. The van der Waals surface area contributed by atoms with Gasteiger partial charge >= 0.3 is 0 Å². The van der Waals surface area contributed by atoms with Gasteiger partial charge < -0.3 is 19.6 Å². The van der Waals surface area contributed by atoms with E-state index in [4.69, 9.17) is 4.74 Å². The van der Waals surface area contributed by atoms with Crippen molar-refractivity contribution in [1.29, 1.82) is 0 Å². The van der Waals surface area contributed by atoms with Crippen LogP contribution in [0, 0.1) is 11.8 Å². The zero-order valence-electron chi connectivity index (χ0n) is 18.5. The molecule has 2 N–H and O–H groups in total. The van der Waals surface area contributed by atoms with E-state index in [1.54, 1.807) is 4.90 Å². The van der Waals surface area contributed by atoms with E-state index >= 15 is 0 Å². The second kappa shape index (κ2) is 8.27. The number of rotatable bonds is 3. The normalized spacial score (nSPS) is 42.2. The molecule has 5 unspecified atom stereocenters. The first kappa shape index (κ1) is 21.6. The summed E-state index contributed by atoms with van der Waals surface area (Å²) in [5.41, 5.74) is -1.14. The lowest BCUT2D eigenvalue weighted by atomic mass is 9.80. The van der Waals surface area contributed by atoms with Crippen molar-refractivity contribution < 1.29 is 23.8 Å². The number of aliphatic hydroxyl groups is 1. The summed E-state index contributed by atoms with van der Waals surface area (Å²) in [5.74, 6) is 0.458. The Hall–Kier alpha value is -1.25. The fourth-order valence-corrected chi connectivity index (χ4v) is 6.11. The number of fused-ring (bicyclic) bond motifs is 1. The predicted octanol–water partition coefficient (Wildman–Crippen LogP) is 1.58. The summed E-state index contributed by atoms with van der Waals surface area (Å²) < 4.78 is 19.9. The number of hydrogen-bond acceptors (Lipinski definition) is 5. The van der Waals surface area contributed by atoms with E-state index in [-0.39, 0.29) is 42.1 Å². The van der Waals surface area contributed by atoms with Gasteiger partial charge in [0, 0.05) is 44.1 Å². The average Bonchev–Trinajstić information content (AvgIpc) is 3.38. The van der Waals surface area contributed by atoms with Gasteiger partial charge in [-0.2, -0.15) is 0 Å². The first-order chi connectivity index (χ1) is 14.8. The number of halogens is 1. The van der Waals surface area contributed by atoms with Crippen LogP contribution in [-0.4, -0.2) is 82.5 Å². The maximum Gasteiger partial charge on any atom is 0.254 e. The van der Waals surface area contributed by atoms with Gasteiger partial charge in [0.25, 0.3) is 5.91 Å². The third-order valence-electron chi connectivity index (χ3n) is 8.30. The van der Waals surface area contributed by atoms with Crippen LogP contribution >= 0.6 is 0 Å². The third kappa shape index (κ3) is 4.23. The monoisotopic (exact) mass is 437 g/mol. The minimum Gasteiger partial charge on any atom is -0.380 e. The molecule has 0 aromatic rings. The number of nitrogens with one attached hydrogen (secondary N) is 1. The molecule has 0 aromatic carbocycles. The SMILES string of the molecule is CC1CN(C(=O)C2(O)CC2)CCN1C(=O)C1CCC(C2NC3CCC(F)CC3O2)CC1. The van der Waals surface area contributed by atoms with Gasteiger partial charge in [-0.05, 0) is 64.2 Å². The molecular weight excluding hydrogens is 401 g/mol. The Balaban J connectivity index is 1.10. The van der Waals surface area contributed by atoms with E-state index in [1.165, 1.54) is 0 Å². The second-order valence-electron chi connectivity index (χ2n) is 10.6. The quantitative estimate of drug-likeness (QED) is 0.701. The van der Waals surface area contributed by atoms with Crippen molar-refractivity contribution in [1.82, 2.24) is 15.1 Å². The molecule has 3 saturated carbocycles. The Morgan fingerprint density at radius 1 is 1.10 bits per heavy atom. The number of piperazine rings is 1. The lowest BCUT2D eigenvalue weighted by Crippen LogP contribution is -2.58. The van der Waals surface area contributed by atoms with Crippen LogP contribution in [0.1, 0.15) is 64.7 Å². The van der Waals surface area contributed by atoms with Gasteiger partial charge in [-0.15, -0.1) is 0 Å². The van der Waals surface area contributed by atoms with Gasteiger partial charge in [-0.3, -0.25) is 14.9 Å². The van der Waals surface area contributed by atoms with Crippen molar-refractivity contribution in [2.24, 2.45) is 11.8 Å². The van der Waals surface area contributed by atoms with Crippen molar-refractivity contribution >= 4 is 11.8 Å². The highest BCUT2D eigenvalue weighted by Crippen LogP contribution is 2.39. The molecule has 5 aliphatic rings. The highest BCUT2D eigenvalue weighted by molar-refractivity contribution is 5.88. The molecule has 5 atom stereocenters. The highest BCUT2D eigenvalue weighted by Gasteiger charge is 2.51. The number of alkyl halides is 1. The summed E-state index contributed by atoms with van der Waals surface area (Å²) >= 11 is 0. The number of ether oxygens (including phenoxy) is 1. The molecule has 0 radical (unpaired) electrons. The number of carbonyl (C=O) groups excluding carboxylic acids is 2. The molecular formula is C23H36FN3O4. The molecule has 0 spiro atoms. The average molecular weight is 438 g/mol. The van der Waals surface area contributed by atoms with Crippen LogP contribution in [0.15, 0.2) is 0 Å². The van der Waals surface area contributed by atoms with Crippen LogP contribution in [0.2, 0.25) is 0 Å². The molecule has 174 valence electrons. The molecule has 31 heavy (non-hydrogen) atoms. The van der Waals surface area contributed by atoms with E-state index in [0.29, 0.717) is 51.2 Å². The van der Waals surface area contributed by atoms with Crippen molar-refractivity contribution in [2.45, 2.75) is 101 Å². The Labute approximate surface area is 183 Å². The lowest BCUT2D eigenvalue weighted by molar-refractivity contribution is -0.151. The zero-order valence-corrected chi connectivity index (χ0v) is 18.5. The Morgan fingerprint density at radius 3 is 2.52 bits per heavy atom. The zero-order chi connectivity index (χ0) is 21.8. The van der Waals surface area contributed by atoms with Crippen molar-refractivity contribution in [3.8, 4) is 0 Å². The van der Waals surface area contributed by atoms with Crippen molar-refractivity contribution in [3.05, 3.63) is 0 Å². The molecule has 7 nitrogen and oxygen atoms in total. The number of nitrogens with zero attached hydrogens (tertiary/aromatic N) is 2. The van der Waals surface area contributed by atoms with E-state index in [2.05, 4.69) is 5.32 Å². The fourth-order valence-electron chi connectivity index (χ4n) is 6.11. The standard InChI is InChI=1S/C23H36FN3O4/c1-14-13-26(22(29)23(30)8-9-23)10-11-27(14)21(28)16-4-2-15(3-5-16)20-25-18-7-6-17(24)12-19(18)31-20/h14-20,25,30H,2-13H2,1H3. The van der Waals surface area contributed by atoms with E-state index < -0.39 is 11.8 Å². The van der Waals surface area contributed by atoms with Gasteiger partial charge in [-0.25, -0.2) is 4.39 Å². The minimum atomic E-state index is -1.14. The minimum absolute atomic E-state index is 0.00154. The van der Waals surface area contributed by atoms with Gasteiger partial charge in [-0.1, -0.05) is 0 Å². The Bertz CT molecular complexity index is 709. The topological polar surface area (TPSA) is 82.1 Å². The fraction of sp³-hybridized carbons (Fsp3) is 0.913. The van der Waals surface area contributed by atoms with Gasteiger partial charge in [0.2, 0.25) is 5.91 Å². The molecule has 0 aromatic heterocycles. The van der Waals surface area contributed by atoms with Gasteiger partial charge in [0.05, 0.1) is 6.10 Å². The highest BCUT2D eigenvalue weighted by atomic mass is 19.1. The first-order valence-electron chi connectivity index (χ1n) is 12.2.